The summed E-state index contributed by atoms with van der Waals surface area (Å²) in [6.07, 6.45) is 1.18. The van der Waals surface area contributed by atoms with Gasteiger partial charge in [-0.25, -0.2) is 4.79 Å². The molecular formula is C6H11NO4S. The number of unbranched alkanes of at least 4 members (excludes halogenated alkanes) is 2. The average molecular weight is 193 g/mol. The monoisotopic (exact) mass is 193 g/mol. The van der Waals surface area contributed by atoms with Crippen LogP contribution < -0.4 is 0 Å². The Labute approximate surface area is 74.6 Å². The molecule has 0 aliphatic rings. The highest BCUT2D eigenvalue weighted by atomic mass is 32.2. The zero-order chi connectivity index (χ0) is 9.23. The Morgan fingerprint density at radius 2 is 2.17 bits per heavy atom. The molecule has 0 heterocycles. The van der Waals surface area contributed by atoms with Crippen molar-refractivity contribution in [3.8, 4) is 0 Å². The predicted molar refractivity (Wildman–Crippen MR) is 46.1 cm³/mol. The molecule has 0 radical (unpaired) electrons. The normalized spacial score (nSPS) is 9.33. The number of nitrogens with zero attached hydrogens (tertiary/aromatic N) is 1. The molecule has 0 unspecified atom stereocenters. The molecule has 5 nitrogen and oxygen atoms in total. The van der Waals surface area contributed by atoms with Crippen molar-refractivity contribution in [2.75, 3.05) is 12.4 Å². The van der Waals surface area contributed by atoms with Crippen molar-refractivity contribution in [1.82, 2.24) is 0 Å². The molecule has 0 aliphatic heterocycles. The number of ether oxygens (including phenoxy) is 1. The van der Waals surface area contributed by atoms with E-state index in [1.807, 2.05) is 0 Å². The standard InChI is InChI=1S/C6H11NO4S/c8-6(9)11-4-2-1-3-5-12-7-10/h1-5H2,(H,8,9). The van der Waals surface area contributed by atoms with Gasteiger partial charge in [-0.1, -0.05) is 0 Å². The van der Waals surface area contributed by atoms with Gasteiger partial charge in [-0.3, -0.25) is 0 Å². The molecule has 0 rings (SSSR count). The first-order valence-corrected chi connectivity index (χ1v) is 4.52. The van der Waals surface area contributed by atoms with Crippen LogP contribution in [0.4, 0.5) is 4.79 Å². The van der Waals surface area contributed by atoms with Gasteiger partial charge in [-0.15, -0.1) is 4.91 Å². The van der Waals surface area contributed by atoms with Crippen LogP contribution in [0.1, 0.15) is 19.3 Å². The summed E-state index contributed by atoms with van der Waals surface area (Å²) in [5, 5.41) is 8.07. The highest BCUT2D eigenvalue weighted by molar-refractivity contribution is 7.97. The molecule has 6 heteroatoms. The van der Waals surface area contributed by atoms with Gasteiger partial charge in [0.05, 0.1) is 6.61 Å². The maximum atomic E-state index is 9.85. The van der Waals surface area contributed by atoms with Gasteiger partial charge in [0.1, 0.15) is 0 Å². The third kappa shape index (κ3) is 9.22. The van der Waals surface area contributed by atoms with Crippen LogP contribution in [0.25, 0.3) is 0 Å². The Kier molecular flexibility index (Phi) is 7.78. The molecule has 0 aromatic rings. The summed E-state index contributed by atoms with van der Waals surface area (Å²) in [4.78, 5) is 19.4. The van der Waals surface area contributed by atoms with E-state index in [1.54, 1.807) is 0 Å². The van der Waals surface area contributed by atoms with Crippen LogP contribution in [0.3, 0.4) is 0 Å². The van der Waals surface area contributed by atoms with E-state index in [0.29, 0.717) is 12.2 Å². The molecule has 1 N–H and O–H groups in total. The number of hydrogen-bond acceptors (Lipinski definition) is 5. The second-order valence-corrected chi connectivity index (χ2v) is 2.90. The Morgan fingerprint density at radius 3 is 2.75 bits per heavy atom. The van der Waals surface area contributed by atoms with E-state index in [2.05, 4.69) is 9.32 Å². The van der Waals surface area contributed by atoms with Crippen molar-refractivity contribution in [3.63, 3.8) is 0 Å². The van der Waals surface area contributed by atoms with Crippen LogP contribution in [0.15, 0.2) is 4.58 Å². The third-order valence-corrected chi connectivity index (χ3v) is 1.73. The molecule has 0 bridgehead atoms. The van der Waals surface area contributed by atoms with Crippen molar-refractivity contribution in [1.29, 1.82) is 0 Å². The van der Waals surface area contributed by atoms with Crippen LogP contribution in [-0.2, 0) is 4.74 Å². The van der Waals surface area contributed by atoms with Gasteiger partial charge in [0, 0.05) is 22.3 Å². The van der Waals surface area contributed by atoms with Gasteiger partial charge in [-0.05, 0) is 19.3 Å². The number of carbonyl (C=O) groups is 1. The van der Waals surface area contributed by atoms with Crippen LogP contribution in [0.5, 0.6) is 0 Å². The largest absolute Gasteiger partial charge is 0.505 e. The molecule has 0 aliphatic carbocycles. The summed E-state index contributed by atoms with van der Waals surface area (Å²) in [6.45, 7) is 0.231. The predicted octanol–water partition coefficient (Wildman–Crippen LogP) is 2.27. The SMILES string of the molecule is O=NSCCCCCOC(=O)O. The van der Waals surface area contributed by atoms with Gasteiger partial charge in [0.25, 0.3) is 0 Å². The molecule has 0 spiro atoms. The van der Waals surface area contributed by atoms with Gasteiger partial charge in [0.2, 0.25) is 0 Å². The van der Waals surface area contributed by atoms with Crippen molar-refractivity contribution < 1.29 is 14.6 Å². The molecule has 0 saturated heterocycles. The summed E-state index contributed by atoms with van der Waals surface area (Å²) < 4.78 is 6.90. The van der Waals surface area contributed by atoms with Crippen molar-refractivity contribution >= 4 is 18.1 Å². The zero-order valence-electron chi connectivity index (χ0n) is 6.56. The summed E-state index contributed by atoms with van der Waals surface area (Å²) in [7, 11) is 0. The van der Waals surface area contributed by atoms with E-state index in [4.69, 9.17) is 5.11 Å². The molecule has 0 aromatic heterocycles. The molecule has 70 valence electrons. The molecule has 0 atom stereocenters. The van der Waals surface area contributed by atoms with E-state index >= 15 is 0 Å². The molecular weight excluding hydrogens is 182 g/mol. The van der Waals surface area contributed by atoms with Crippen LogP contribution in [0, 0.1) is 4.91 Å². The number of nitroso groups, excluding NO2 is 1. The molecule has 0 fully saturated rings. The van der Waals surface area contributed by atoms with E-state index < -0.39 is 6.16 Å². The summed E-state index contributed by atoms with van der Waals surface area (Å²) in [5.41, 5.74) is 0. The third-order valence-electron chi connectivity index (χ3n) is 1.16. The number of carboxylic acid groups (broad SMARTS) is 1. The Morgan fingerprint density at radius 1 is 1.42 bits per heavy atom. The molecule has 0 amide bonds. The Hall–Kier alpha value is -0.780. The fourth-order valence-corrected chi connectivity index (χ4v) is 1.05. The van der Waals surface area contributed by atoms with Crippen molar-refractivity contribution in [2.45, 2.75) is 19.3 Å². The highest BCUT2D eigenvalue weighted by Crippen LogP contribution is 2.06. The van der Waals surface area contributed by atoms with Crippen LogP contribution in [-0.4, -0.2) is 23.6 Å². The molecule has 12 heavy (non-hydrogen) atoms. The quantitative estimate of drug-likeness (QED) is 0.290. The fourth-order valence-electron chi connectivity index (χ4n) is 0.642. The number of rotatable bonds is 7. The van der Waals surface area contributed by atoms with E-state index in [0.717, 1.165) is 24.8 Å². The van der Waals surface area contributed by atoms with Crippen molar-refractivity contribution in [2.24, 2.45) is 4.58 Å². The minimum absolute atomic E-state index is 0.231. The topological polar surface area (TPSA) is 76.0 Å². The first kappa shape index (κ1) is 11.2. The second-order valence-electron chi connectivity index (χ2n) is 2.08. The van der Waals surface area contributed by atoms with Gasteiger partial charge < -0.3 is 9.84 Å². The van der Waals surface area contributed by atoms with Gasteiger partial charge in [0.15, 0.2) is 0 Å². The molecule has 0 aromatic carbocycles. The Bertz CT molecular complexity index is 142. The molecule has 0 saturated carbocycles. The van der Waals surface area contributed by atoms with E-state index in [-0.39, 0.29) is 6.61 Å². The van der Waals surface area contributed by atoms with E-state index in [9.17, 15) is 9.70 Å². The smallest absolute Gasteiger partial charge is 0.450 e. The lowest BCUT2D eigenvalue weighted by Crippen LogP contribution is -2.01. The lowest BCUT2D eigenvalue weighted by molar-refractivity contribution is 0.0901. The Balaban J connectivity index is 2.90. The maximum Gasteiger partial charge on any atom is 0.505 e. The van der Waals surface area contributed by atoms with Gasteiger partial charge in [-0.2, -0.15) is 0 Å². The zero-order valence-corrected chi connectivity index (χ0v) is 7.38. The highest BCUT2D eigenvalue weighted by Gasteiger charge is 1.95. The average Bonchev–Trinajstić information content (AvgIpc) is 2.02. The second kappa shape index (κ2) is 8.32. The lowest BCUT2D eigenvalue weighted by atomic mass is 10.3. The fraction of sp³-hybridized carbons (Fsp3) is 0.833. The first-order valence-electron chi connectivity index (χ1n) is 3.57. The van der Waals surface area contributed by atoms with Crippen LogP contribution in [0.2, 0.25) is 0 Å². The van der Waals surface area contributed by atoms with Gasteiger partial charge >= 0.3 is 6.16 Å². The summed E-state index contributed by atoms with van der Waals surface area (Å²) in [5.74, 6) is 0.691. The number of hydrogen-bond donors (Lipinski definition) is 1. The lowest BCUT2D eigenvalue weighted by Gasteiger charge is -1.98. The minimum atomic E-state index is -1.24. The first-order chi connectivity index (χ1) is 5.77. The maximum absolute atomic E-state index is 9.85. The summed E-state index contributed by atoms with van der Waals surface area (Å²) in [6, 6.07) is 0. The van der Waals surface area contributed by atoms with Crippen LogP contribution >= 0.6 is 11.9 Å². The van der Waals surface area contributed by atoms with E-state index in [1.165, 1.54) is 0 Å². The summed E-state index contributed by atoms with van der Waals surface area (Å²) >= 11 is 0.985. The minimum Gasteiger partial charge on any atom is -0.450 e. The van der Waals surface area contributed by atoms with Crippen molar-refractivity contribution in [3.05, 3.63) is 4.91 Å².